The predicted molar refractivity (Wildman–Crippen MR) is 498 cm³/mol. The Labute approximate surface area is 805 Å². The quantitative estimate of drug-likeness (QED) is 0.142. The van der Waals surface area contributed by atoms with Crippen LogP contribution in [0.1, 0.15) is 289 Å². The minimum atomic E-state index is -4.41. The van der Waals surface area contributed by atoms with Crippen LogP contribution in [0.15, 0.2) is 0 Å². The summed E-state index contributed by atoms with van der Waals surface area (Å²) in [5, 5.41) is 94.6. The van der Waals surface area contributed by atoms with Crippen molar-refractivity contribution in [3.05, 3.63) is 0 Å². The second-order valence-corrected chi connectivity index (χ2v) is 53.4. The van der Waals surface area contributed by atoms with Crippen LogP contribution in [-0.4, -0.2) is 203 Å². The zero-order valence-electron chi connectivity index (χ0n) is 78.5. The molecule has 0 amide bonds. The van der Waals surface area contributed by atoms with Crippen molar-refractivity contribution in [2.24, 2.45) is 142 Å². The first-order valence-corrected chi connectivity index (χ1v) is 59.8. The first-order valence-electron chi connectivity index (χ1n) is 55.4. The normalized spacial score (nSPS) is 55.1. The molecule has 12 saturated carbocycles. The third-order valence-corrected chi connectivity index (χ3v) is 46.5. The number of fused-ring (bicyclic) bond motifs is 60. The van der Waals surface area contributed by atoms with Gasteiger partial charge in [-0.15, -0.1) is 0 Å². The van der Waals surface area contributed by atoms with Crippen molar-refractivity contribution in [1.29, 1.82) is 0 Å². The zero-order chi connectivity index (χ0) is 88.7. The Kier molecular flexibility index (Phi) is 27.7. The maximum atomic E-state index is 12.7. The molecule has 0 aromatic rings. The van der Waals surface area contributed by atoms with Crippen LogP contribution in [0.25, 0.3) is 0 Å². The smallest absolute Gasteiger partial charge is 0.748 e. The van der Waals surface area contributed by atoms with Crippen molar-refractivity contribution in [2.75, 3.05) is 0 Å². The molecule has 37 heteroatoms. The molecule has 27 fully saturated rings. The van der Waals surface area contributed by atoms with E-state index in [1.165, 1.54) is 231 Å². The van der Waals surface area contributed by atoms with Crippen molar-refractivity contribution in [3.8, 4) is 0 Å². The third-order valence-electron chi connectivity index (χ3n) is 42.6. The predicted octanol–water partition coefficient (Wildman–Crippen LogP) is 3.39. The molecule has 24 N–H and O–H groups in total. The molecule has 51 atom stereocenters. The van der Waals surface area contributed by atoms with Crippen LogP contribution in [-0.2, 0) is 49.8 Å². The molecule has 15 saturated heterocycles. The van der Waals surface area contributed by atoms with Crippen LogP contribution >= 0.6 is 0 Å². The Morgan fingerprint density at radius 1 is 0.128 bits per heavy atom. The minimum absolute atomic E-state index is 0. The van der Waals surface area contributed by atoms with Gasteiger partial charge in [-0.2, -0.15) is 0 Å². The van der Waals surface area contributed by atoms with E-state index >= 15 is 0 Å². The SMILES string of the molecule is O=S(=O)([O-])C1CCCC2C3NC4NC(NC5NC(NC6NC(NC(N3)C21)C1CCCCC61)C1CCCCC51)C1CCCCC41.O=S(=O)([O-])C1CCCC2C3NC4NC(NC5NC(NC6NC(NC(N3)C21)C1CCCCC61)C1CCCCC51)C1CCCCC41.O=S(=O)([O-])C1CCCC2C3NC4NC(NC5NC(NC6NC(NC(N3)C21)C1CCCCC61)C1CCCCC51)C1CCCCC41.[Rh+3]. The summed E-state index contributed by atoms with van der Waals surface area (Å²) in [5.74, 6) is 10.0. The maximum Gasteiger partial charge on any atom is 3.00 e. The van der Waals surface area contributed by atoms with Gasteiger partial charge in [0.15, 0.2) is 0 Å². The Morgan fingerprint density at radius 2 is 0.218 bits per heavy atom. The van der Waals surface area contributed by atoms with Gasteiger partial charge in [0, 0.05) is 17.8 Å². The number of rotatable bonds is 3. The van der Waals surface area contributed by atoms with Crippen LogP contribution in [0.4, 0.5) is 0 Å². The van der Waals surface area contributed by atoms with E-state index in [4.69, 9.17) is 0 Å². The van der Waals surface area contributed by atoms with Crippen LogP contribution in [0.3, 0.4) is 0 Å². The van der Waals surface area contributed by atoms with E-state index in [1.807, 2.05) is 0 Å². The van der Waals surface area contributed by atoms with Crippen molar-refractivity contribution < 1.29 is 58.4 Å². The summed E-state index contributed by atoms with van der Waals surface area (Å²) in [4.78, 5) is 0. The Bertz CT molecular complexity index is 3960. The Hall–Kier alpha value is -0.607. The van der Waals surface area contributed by atoms with Gasteiger partial charge in [-0.25, -0.2) is 25.3 Å². The maximum absolute atomic E-state index is 12.7. The van der Waals surface area contributed by atoms with E-state index in [-0.39, 0.29) is 184 Å². The molecule has 0 radical (unpaired) electrons. The standard InChI is InChI=1S/3C32H56N8O3S.Rh/c3*41-44(42,43)23-15-7-14-22-24(23)32-39-30-21-13-6-5-12-20(21)28(37-30)35-26-17-9-2-1-8-16(17)25(33-26)34-27-18-10-3-4-11-19(18)29(36-27)38-31(22)40-32;/h3*16-40H,1-15H2,(H,41,42,43);/q;;;+3/p-3. The summed E-state index contributed by atoms with van der Waals surface area (Å²) < 4.78 is 114. The van der Waals surface area contributed by atoms with Crippen molar-refractivity contribution in [2.45, 2.75) is 453 Å². The molecule has 12 aliphatic carbocycles. The molecule has 27 rings (SSSR count). The molecule has 27 aliphatic rings. The minimum Gasteiger partial charge on any atom is -0.748 e. The van der Waals surface area contributed by atoms with Gasteiger partial charge in [0.05, 0.1) is 194 Å². The first-order chi connectivity index (χ1) is 64.3. The first kappa shape index (κ1) is 94.7. The molecule has 33 nitrogen and oxygen atoms in total. The summed E-state index contributed by atoms with van der Waals surface area (Å²) in [5.41, 5.74) is 0. The van der Waals surface area contributed by atoms with Crippen molar-refractivity contribution >= 4 is 30.4 Å². The van der Waals surface area contributed by atoms with E-state index in [0.717, 1.165) is 38.5 Å². The molecule has 0 spiro atoms. The molecule has 15 heterocycles. The van der Waals surface area contributed by atoms with Gasteiger partial charge in [0.25, 0.3) is 0 Å². The van der Waals surface area contributed by atoms with E-state index in [0.29, 0.717) is 144 Å². The van der Waals surface area contributed by atoms with E-state index in [2.05, 4.69) is 128 Å². The Morgan fingerprint density at radius 3 is 0.323 bits per heavy atom. The Balaban J connectivity index is 0.000000109. The van der Waals surface area contributed by atoms with Gasteiger partial charge in [-0.3, -0.25) is 128 Å². The molecule has 133 heavy (non-hydrogen) atoms. The number of hydrogen-bond donors (Lipinski definition) is 24. The molecular weight excluding hydrogens is 1830 g/mol. The summed E-state index contributed by atoms with van der Waals surface area (Å²) in [6.45, 7) is 0. The fourth-order valence-corrected chi connectivity index (χ4v) is 40.6. The fraction of sp³-hybridized carbons (Fsp3) is 1.00. The van der Waals surface area contributed by atoms with Crippen LogP contribution in [0.2, 0.25) is 0 Å². The van der Waals surface area contributed by atoms with Crippen molar-refractivity contribution in [1.82, 2.24) is 128 Å². The molecular formula is C96H165N24O9RhS3. The monoisotopic (exact) mass is 2000 g/mol. The molecule has 15 aliphatic heterocycles. The number of nitrogens with one attached hydrogen (secondary N) is 24. The van der Waals surface area contributed by atoms with Crippen molar-refractivity contribution in [3.63, 3.8) is 0 Å². The molecule has 51 unspecified atom stereocenters. The van der Waals surface area contributed by atoms with Crippen LogP contribution < -0.4 is 128 Å². The van der Waals surface area contributed by atoms with E-state index < -0.39 is 46.1 Å². The molecule has 0 aromatic carbocycles. The zero-order valence-corrected chi connectivity index (χ0v) is 82.6. The van der Waals surface area contributed by atoms with Gasteiger partial charge in [0.1, 0.15) is 0 Å². The largest absolute Gasteiger partial charge is 3.00 e. The summed E-state index contributed by atoms with van der Waals surface area (Å²) in [6, 6.07) is 0. The second kappa shape index (κ2) is 39.0. The van der Waals surface area contributed by atoms with Gasteiger partial charge in [-0.1, -0.05) is 135 Å². The summed E-state index contributed by atoms with van der Waals surface area (Å²) in [6.07, 6.45) is 55.5. The second-order valence-electron chi connectivity index (χ2n) is 48.6. The van der Waals surface area contributed by atoms with Gasteiger partial charge in [-0.05, 0) is 278 Å². The topological polar surface area (TPSA) is 460 Å². The van der Waals surface area contributed by atoms with Crippen LogP contribution in [0, 0.1) is 142 Å². The fourth-order valence-electron chi connectivity index (χ4n) is 37.0. The van der Waals surface area contributed by atoms with Gasteiger partial charge >= 0.3 is 19.5 Å². The summed E-state index contributed by atoms with van der Waals surface area (Å²) in [7, 11) is -13.2. The van der Waals surface area contributed by atoms with Gasteiger partial charge < -0.3 is 13.7 Å². The number of hydrogen-bond acceptors (Lipinski definition) is 33. The average Bonchev–Trinajstić information content (AvgIpc) is 1.60. The van der Waals surface area contributed by atoms with E-state index in [9.17, 15) is 38.9 Å². The van der Waals surface area contributed by atoms with E-state index in [1.54, 1.807) is 0 Å². The van der Waals surface area contributed by atoms with Gasteiger partial charge in [0.2, 0.25) is 0 Å². The molecule has 750 valence electrons. The third kappa shape index (κ3) is 17.9. The molecule has 0 aromatic heterocycles. The van der Waals surface area contributed by atoms with Crippen LogP contribution in [0.5, 0.6) is 0 Å². The average molecular weight is 2000 g/mol. The summed E-state index contributed by atoms with van der Waals surface area (Å²) >= 11 is 0. The molecule has 24 bridgehead atoms.